The van der Waals surface area contributed by atoms with Gasteiger partial charge in [0.05, 0.1) is 6.20 Å². The van der Waals surface area contributed by atoms with Crippen molar-refractivity contribution in [3.05, 3.63) is 60.0 Å². The second-order valence-electron chi connectivity index (χ2n) is 6.26. The molecular formula is C19H21N3O. The van der Waals surface area contributed by atoms with E-state index in [1.807, 2.05) is 22.7 Å². The fraction of sp³-hybridized carbons (Fsp3) is 0.368. The number of nitrogens with zero attached hydrogens (tertiary/aromatic N) is 3. The molecule has 0 bridgehead atoms. The monoisotopic (exact) mass is 307 g/mol. The van der Waals surface area contributed by atoms with E-state index in [-0.39, 0.29) is 6.10 Å². The minimum absolute atomic E-state index is 0.133. The molecule has 4 nitrogen and oxygen atoms in total. The van der Waals surface area contributed by atoms with E-state index in [1.54, 1.807) is 6.33 Å². The second-order valence-corrected chi connectivity index (χ2v) is 6.26. The van der Waals surface area contributed by atoms with Crippen LogP contribution >= 0.6 is 0 Å². The molecule has 0 saturated heterocycles. The number of rotatable bonds is 4. The Balaban J connectivity index is 1.62. The lowest BCUT2D eigenvalue weighted by Gasteiger charge is -2.31. The van der Waals surface area contributed by atoms with Crippen molar-refractivity contribution in [3.8, 4) is 5.75 Å². The van der Waals surface area contributed by atoms with E-state index in [0.29, 0.717) is 5.92 Å². The van der Waals surface area contributed by atoms with Crippen molar-refractivity contribution in [2.24, 2.45) is 0 Å². The number of pyridine rings is 1. The van der Waals surface area contributed by atoms with Crippen LogP contribution in [0.25, 0.3) is 5.65 Å². The van der Waals surface area contributed by atoms with Gasteiger partial charge in [-0.05, 0) is 48.4 Å². The lowest BCUT2D eigenvalue weighted by Crippen LogP contribution is -2.18. The van der Waals surface area contributed by atoms with E-state index in [9.17, 15) is 0 Å². The minimum Gasteiger partial charge on any atom is -0.484 e. The summed E-state index contributed by atoms with van der Waals surface area (Å²) in [5, 5.41) is 7.94. The molecule has 2 atom stereocenters. The lowest BCUT2D eigenvalue weighted by molar-refractivity contribution is 0.174. The molecule has 0 fully saturated rings. The molecule has 4 heteroatoms. The largest absolute Gasteiger partial charge is 0.484 e. The molecule has 118 valence electrons. The third kappa shape index (κ3) is 2.69. The quantitative estimate of drug-likeness (QED) is 0.711. The highest BCUT2D eigenvalue weighted by Gasteiger charge is 2.27. The van der Waals surface area contributed by atoms with Crippen molar-refractivity contribution in [3.63, 3.8) is 0 Å². The van der Waals surface area contributed by atoms with Crippen LogP contribution in [0.3, 0.4) is 0 Å². The van der Waals surface area contributed by atoms with E-state index in [0.717, 1.165) is 17.8 Å². The Bertz CT molecular complexity index is 811. The molecule has 0 N–H and O–H groups in total. The van der Waals surface area contributed by atoms with E-state index >= 15 is 0 Å². The highest BCUT2D eigenvalue weighted by atomic mass is 16.5. The molecule has 0 amide bonds. The molecule has 4 rings (SSSR count). The van der Waals surface area contributed by atoms with Crippen molar-refractivity contribution < 1.29 is 4.74 Å². The molecule has 0 radical (unpaired) electrons. The zero-order valence-electron chi connectivity index (χ0n) is 13.4. The maximum Gasteiger partial charge on any atom is 0.160 e. The second kappa shape index (κ2) is 6.03. The number of benzene rings is 1. The van der Waals surface area contributed by atoms with Crippen LogP contribution < -0.4 is 4.74 Å². The molecule has 1 aromatic carbocycles. The summed E-state index contributed by atoms with van der Waals surface area (Å²) >= 11 is 0. The van der Waals surface area contributed by atoms with Gasteiger partial charge < -0.3 is 4.74 Å². The Labute approximate surface area is 136 Å². The molecule has 23 heavy (non-hydrogen) atoms. The van der Waals surface area contributed by atoms with Gasteiger partial charge in [-0.3, -0.25) is 4.40 Å². The highest BCUT2D eigenvalue weighted by molar-refractivity contribution is 5.41. The molecule has 1 aliphatic rings. The minimum atomic E-state index is 0.133. The maximum absolute atomic E-state index is 6.31. The summed E-state index contributed by atoms with van der Waals surface area (Å²) in [5.74, 6) is 1.54. The summed E-state index contributed by atoms with van der Waals surface area (Å²) < 4.78 is 8.20. The van der Waals surface area contributed by atoms with E-state index in [4.69, 9.17) is 4.74 Å². The molecule has 3 aromatic rings. The molecule has 0 saturated carbocycles. The molecule has 0 spiro atoms. The summed E-state index contributed by atoms with van der Waals surface area (Å²) in [4.78, 5) is 0. The van der Waals surface area contributed by atoms with E-state index in [2.05, 4.69) is 41.4 Å². The number of ether oxygens (including phenoxy) is 1. The Morgan fingerprint density at radius 1 is 1.13 bits per heavy atom. The van der Waals surface area contributed by atoms with Gasteiger partial charge in [0.2, 0.25) is 0 Å². The fourth-order valence-corrected chi connectivity index (χ4v) is 3.65. The number of fused-ring (bicyclic) bond motifs is 2. The number of hydrogen-bond donors (Lipinski definition) is 0. The van der Waals surface area contributed by atoms with Crippen LogP contribution in [0.5, 0.6) is 5.75 Å². The third-order valence-corrected chi connectivity index (χ3v) is 4.74. The molecule has 2 aromatic heterocycles. The first kappa shape index (κ1) is 14.2. The van der Waals surface area contributed by atoms with Gasteiger partial charge in [-0.15, -0.1) is 10.2 Å². The van der Waals surface area contributed by atoms with Gasteiger partial charge in [0, 0.05) is 0 Å². The Kier molecular flexibility index (Phi) is 3.74. The zero-order valence-corrected chi connectivity index (χ0v) is 13.4. The van der Waals surface area contributed by atoms with E-state index in [1.165, 1.54) is 30.4 Å². The number of aromatic nitrogens is 3. The average molecular weight is 307 g/mol. The molecule has 0 aliphatic heterocycles. The zero-order chi connectivity index (χ0) is 15.6. The predicted molar refractivity (Wildman–Crippen MR) is 89.7 cm³/mol. The standard InChI is InChI=1S/C19H21N3O/c1-2-5-14-8-10-18(17-7-4-3-6-16(14)17)23-15-9-11-19-21-20-13-22(19)12-15/h3-4,6-7,9,11-14,18H,2,5,8,10H2,1H3/t14-,18?/m0/s1. The van der Waals surface area contributed by atoms with Gasteiger partial charge in [0.1, 0.15) is 18.2 Å². The van der Waals surface area contributed by atoms with Crippen molar-refractivity contribution in [2.75, 3.05) is 0 Å². The first-order valence-corrected chi connectivity index (χ1v) is 8.40. The van der Waals surface area contributed by atoms with Crippen LogP contribution in [0.4, 0.5) is 0 Å². The van der Waals surface area contributed by atoms with Gasteiger partial charge >= 0.3 is 0 Å². The molecule has 1 aliphatic carbocycles. The summed E-state index contributed by atoms with van der Waals surface area (Å²) in [6, 6.07) is 12.7. The normalized spacial score (nSPS) is 20.4. The van der Waals surface area contributed by atoms with Crippen molar-refractivity contribution in [1.29, 1.82) is 0 Å². The molecule has 1 unspecified atom stereocenters. The first-order chi connectivity index (χ1) is 11.3. The van der Waals surface area contributed by atoms with Gasteiger partial charge in [0.15, 0.2) is 5.65 Å². The van der Waals surface area contributed by atoms with Crippen LogP contribution in [-0.2, 0) is 0 Å². The lowest BCUT2D eigenvalue weighted by atomic mass is 9.79. The summed E-state index contributed by atoms with van der Waals surface area (Å²) in [7, 11) is 0. The summed E-state index contributed by atoms with van der Waals surface area (Å²) in [6.07, 6.45) is 8.55. The van der Waals surface area contributed by atoms with E-state index < -0.39 is 0 Å². The SMILES string of the molecule is CCC[C@H]1CCC(Oc2ccc3nncn3c2)c2ccccc21. The first-order valence-electron chi connectivity index (χ1n) is 8.40. The number of hydrogen-bond acceptors (Lipinski definition) is 3. The van der Waals surface area contributed by atoms with Crippen LogP contribution in [0.2, 0.25) is 0 Å². The maximum atomic E-state index is 6.31. The Morgan fingerprint density at radius 3 is 2.87 bits per heavy atom. The van der Waals surface area contributed by atoms with Gasteiger partial charge in [0.25, 0.3) is 0 Å². The fourth-order valence-electron chi connectivity index (χ4n) is 3.65. The molecule has 2 heterocycles. The summed E-state index contributed by atoms with van der Waals surface area (Å²) in [5.41, 5.74) is 3.65. The molecular weight excluding hydrogens is 286 g/mol. The topological polar surface area (TPSA) is 39.4 Å². The Morgan fingerprint density at radius 2 is 2.00 bits per heavy atom. The van der Waals surface area contributed by atoms with Crippen molar-refractivity contribution in [1.82, 2.24) is 14.6 Å². The third-order valence-electron chi connectivity index (χ3n) is 4.74. The van der Waals surface area contributed by atoms with Gasteiger partial charge in [-0.2, -0.15) is 0 Å². The van der Waals surface area contributed by atoms with Gasteiger partial charge in [-0.25, -0.2) is 0 Å². The highest BCUT2D eigenvalue weighted by Crippen LogP contribution is 2.41. The Hall–Kier alpha value is -2.36. The predicted octanol–water partition coefficient (Wildman–Crippen LogP) is 4.53. The van der Waals surface area contributed by atoms with Crippen LogP contribution in [0.15, 0.2) is 48.9 Å². The van der Waals surface area contributed by atoms with Crippen LogP contribution in [0, 0.1) is 0 Å². The van der Waals surface area contributed by atoms with Crippen LogP contribution in [0.1, 0.15) is 55.8 Å². The van der Waals surface area contributed by atoms with Gasteiger partial charge in [-0.1, -0.05) is 37.6 Å². The van der Waals surface area contributed by atoms with Crippen molar-refractivity contribution in [2.45, 2.75) is 44.6 Å². The summed E-state index contributed by atoms with van der Waals surface area (Å²) in [6.45, 7) is 2.26. The van der Waals surface area contributed by atoms with Crippen molar-refractivity contribution >= 4 is 5.65 Å². The smallest absolute Gasteiger partial charge is 0.160 e. The van der Waals surface area contributed by atoms with Crippen LogP contribution in [-0.4, -0.2) is 14.6 Å². The average Bonchev–Trinajstić information content (AvgIpc) is 3.05.